The fourth-order valence-electron chi connectivity index (χ4n) is 3.76. The van der Waals surface area contributed by atoms with Crippen LogP contribution in [0.1, 0.15) is 35.3 Å². The lowest BCUT2D eigenvalue weighted by Crippen LogP contribution is -2.45. The zero-order valence-corrected chi connectivity index (χ0v) is 14.4. The summed E-state index contributed by atoms with van der Waals surface area (Å²) < 4.78 is 13.1. The number of fused-ring (bicyclic) bond motifs is 1. The number of carbonyl (C=O) groups excluding carboxylic acids is 1. The van der Waals surface area contributed by atoms with Crippen LogP contribution in [0.15, 0.2) is 48.5 Å². The number of phenolic OH excluding ortho intramolecular Hbond substituents is 1. The second kappa shape index (κ2) is 6.83. The minimum Gasteiger partial charge on any atom is -0.508 e. The minimum absolute atomic E-state index is 0.0208. The van der Waals surface area contributed by atoms with Crippen LogP contribution < -0.4 is 0 Å². The molecular weight excluding hydrogens is 331 g/mol. The quantitative estimate of drug-likeness (QED) is 0.740. The summed E-state index contributed by atoms with van der Waals surface area (Å²) in [5, 5.41) is 10.5. The van der Waals surface area contributed by atoms with E-state index in [4.69, 9.17) is 0 Å². The molecule has 0 spiro atoms. The Morgan fingerprint density at radius 3 is 2.77 bits per heavy atom. The summed E-state index contributed by atoms with van der Waals surface area (Å²) in [5.41, 5.74) is 2.33. The van der Waals surface area contributed by atoms with Crippen molar-refractivity contribution in [2.45, 2.75) is 31.7 Å². The van der Waals surface area contributed by atoms with Crippen LogP contribution >= 0.6 is 0 Å². The number of piperidine rings is 1. The average Bonchev–Trinajstić information content (AvgIpc) is 3.06. The monoisotopic (exact) mass is 352 g/mol. The molecule has 26 heavy (non-hydrogen) atoms. The van der Waals surface area contributed by atoms with Gasteiger partial charge in [-0.2, -0.15) is 0 Å². The van der Waals surface area contributed by atoms with Gasteiger partial charge in [-0.3, -0.25) is 4.79 Å². The maximum absolute atomic E-state index is 13.1. The summed E-state index contributed by atoms with van der Waals surface area (Å²) in [6.07, 6.45) is 3.76. The molecule has 4 nitrogen and oxygen atoms in total. The Balaban J connectivity index is 1.57. The second-order valence-electron chi connectivity index (χ2n) is 6.93. The van der Waals surface area contributed by atoms with Gasteiger partial charge in [-0.1, -0.05) is 12.1 Å². The van der Waals surface area contributed by atoms with Crippen LogP contribution in [0.2, 0.25) is 0 Å². The summed E-state index contributed by atoms with van der Waals surface area (Å²) in [6.45, 7) is 0.727. The van der Waals surface area contributed by atoms with Crippen molar-refractivity contribution in [3.05, 3.63) is 65.6 Å². The molecule has 5 heteroatoms. The SMILES string of the molecule is O=C(c1cc2ccc(O)cc2[nH]1)N1CCCCC1Cc1ccc(F)cc1. The molecule has 1 aromatic heterocycles. The summed E-state index contributed by atoms with van der Waals surface area (Å²) in [7, 11) is 0. The molecule has 1 atom stereocenters. The van der Waals surface area contributed by atoms with E-state index < -0.39 is 0 Å². The number of H-pyrrole nitrogens is 1. The molecule has 1 aliphatic rings. The van der Waals surface area contributed by atoms with Crippen LogP contribution in [0.25, 0.3) is 10.9 Å². The normalized spacial score (nSPS) is 17.6. The molecule has 1 amide bonds. The largest absolute Gasteiger partial charge is 0.508 e. The molecule has 1 aliphatic heterocycles. The first-order chi connectivity index (χ1) is 12.6. The van der Waals surface area contributed by atoms with Crippen LogP contribution in [0.4, 0.5) is 4.39 Å². The van der Waals surface area contributed by atoms with Crippen molar-refractivity contribution < 1.29 is 14.3 Å². The smallest absolute Gasteiger partial charge is 0.270 e. The number of hydrogen-bond donors (Lipinski definition) is 2. The summed E-state index contributed by atoms with van der Waals surface area (Å²) in [6, 6.07) is 13.5. The van der Waals surface area contributed by atoms with Crippen molar-refractivity contribution in [3.63, 3.8) is 0 Å². The van der Waals surface area contributed by atoms with Gasteiger partial charge in [-0.25, -0.2) is 4.39 Å². The van der Waals surface area contributed by atoms with E-state index in [0.717, 1.165) is 48.7 Å². The molecule has 0 bridgehead atoms. The fraction of sp³-hybridized carbons (Fsp3) is 0.286. The predicted octanol–water partition coefficient (Wildman–Crippen LogP) is 4.25. The Hall–Kier alpha value is -2.82. The number of nitrogens with one attached hydrogen (secondary N) is 1. The third-order valence-corrected chi connectivity index (χ3v) is 5.11. The molecule has 0 radical (unpaired) electrons. The predicted molar refractivity (Wildman–Crippen MR) is 98.7 cm³/mol. The van der Waals surface area contributed by atoms with Crippen molar-refractivity contribution >= 4 is 16.8 Å². The van der Waals surface area contributed by atoms with Gasteiger partial charge in [-0.15, -0.1) is 0 Å². The molecule has 0 aliphatic carbocycles. The number of aromatic nitrogens is 1. The molecule has 134 valence electrons. The Morgan fingerprint density at radius 2 is 1.96 bits per heavy atom. The third kappa shape index (κ3) is 3.29. The number of amides is 1. The molecule has 4 rings (SSSR count). The van der Waals surface area contributed by atoms with Crippen molar-refractivity contribution in [1.82, 2.24) is 9.88 Å². The molecule has 2 heterocycles. The summed E-state index contributed by atoms with van der Waals surface area (Å²) in [5.74, 6) is -0.0929. The van der Waals surface area contributed by atoms with Crippen LogP contribution in [0.3, 0.4) is 0 Å². The number of hydrogen-bond acceptors (Lipinski definition) is 2. The molecule has 1 fully saturated rings. The number of phenols is 1. The zero-order chi connectivity index (χ0) is 18.1. The van der Waals surface area contributed by atoms with Gasteiger partial charge in [0, 0.05) is 29.6 Å². The Labute approximate surface area is 151 Å². The Kier molecular flexibility index (Phi) is 4.37. The highest BCUT2D eigenvalue weighted by Gasteiger charge is 2.28. The number of halogens is 1. The standard InChI is InChI=1S/C21H21FN2O2/c22-16-7-4-14(5-8-16)11-17-3-1-2-10-24(17)21(26)20-12-15-6-9-18(25)13-19(15)23-20/h4-9,12-13,17,23,25H,1-3,10-11H2. The van der Waals surface area contributed by atoms with Gasteiger partial charge in [0.25, 0.3) is 5.91 Å². The first kappa shape index (κ1) is 16.6. The lowest BCUT2D eigenvalue weighted by atomic mass is 9.95. The number of benzene rings is 2. The molecule has 2 aromatic carbocycles. The van der Waals surface area contributed by atoms with E-state index in [1.807, 2.05) is 11.0 Å². The number of aromatic hydroxyl groups is 1. The van der Waals surface area contributed by atoms with Crippen LogP contribution in [0, 0.1) is 5.82 Å². The number of carbonyl (C=O) groups is 1. The summed E-state index contributed by atoms with van der Waals surface area (Å²) in [4.78, 5) is 18.1. The van der Waals surface area contributed by atoms with Crippen molar-refractivity contribution in [3.8, 4) is 5.75 Å². The van der Waals surface area contributed by atoms with E-state index in [1.54, 1.807) is 30.3 Å². The third-order valence-electron chi connectivity index (χ3n) is 5.11. The van der Waals surface area contributed by atoms with Gasteiger partial charge in [0.05, 0.1) is 0 Å². The maximum atomic E-state index is 13.1. The van der Waals surface area contributed by atoms with Gasteiger partial charge in [-0.05, 0) is 61.6 Å². The van der Waals surface area contributed by atoms with E-state index in [1.165, 1.54) is 12.1 Å². The molecule has 0 saturated carbocycles. The topological polar surface area (TPSA) is 56.3 Å². The van der Waals surface area contributed by atoms with E-state index in [-0.39, 0.29) is 23.5 Å². The Bertz CT molecular complexity index is 933. The number of nitrogens with zero attached hydrogens (tertiary/aromatic N) is 1. The minimum atomic E-state index is -0.244. The molecule has 1 unspecified atom stereocenters. The molecular formula is C21H21FN2O2. The Morgan fingerprint density at radius 1 is 1.15 bits per heavy atom. The van der Waals surface area contributed by atoms with Gasteiger partial charge in [0.2, 0.25) is 0 Å². The van der Waals surface area contributed by atoms with E-state index in [2.05, 4.69) is 4.98 Å². The number of likely N-dealkylation sites (tertiary alicyclic amines) is 1. The van der Waals surface area contributed by atoms with Crippen molar-refractivity contribution in [2.24, 2.45) is 0 Å². The first-order valence-corrected chi connectivity index (χ1v) is 8.97. The van der Waals surface area contributed by atoms with Crippen LogP contribution in [0.5, 0.6) is 5.75 Å². The fourth-order valence-corrected chi connectivity index (χ4v) is 3.76. The van der Waals surface area contributed by atoms with Gasteiger partial charge >= 0.3 is 0 Å². The highest BCUT2D eigenvalue weighted by molar-refractivity contribution is 5.98. The van der Waals surface area contributed by atoms with Crippen LogP contribution in [-0.4, -0.2) is 33.5 Å². The second-order valence-corrected chi connectivity index (χ2v) is 6.93. The van der Waals surface area contributed by atoms with Crippen molar-refractivity contribution in [1.29, 1.82) is 0 Å². The molecule has 1 saturated heterocycles. The van der Waals surface area contributed by atoms with E-state index in [9.17, 15) is 14.3 Å². The zero-order valence-electron chi connectivity index (χ0n) is 14.4. The average molecular weight is 352 g/mol. The molecule has 2 N–H and O–H groups in total. The molecule has 3 aromatic rings. The van der Waals surface area contributed by atoms with E-state index in [0.29, 0.717) is 5.69 Å². The highest BCUT2D eigenvalue weighted by Crippen LogP contribution is 2.25. The first-order valence-electron chi connectivity index (χ1n) is 8.97. The van der Waals surface area contributed by atoms with Gasteiger partial charge in [0.1, 0.15) is 17.3 Å². The van der Waals surface area contributed by atoms with Crippen molar-refractivity contribution in [2.75, 3.05) is 6.54 Å². The lowest BCUT2D eigenvalue weighted by Gasteiger charge is -2.35. The lowest BCUT2D eigenvalue weighted by molar-refractivity contribution is 0.0608. The number of rotatable bonds is 3. The highest BCUT2D eigenvalue weighted by atomic mass is 19.1. The summed E-state index contributed by atoms with van der Waals surface area (Å²) >= 11 is 0. The maximum Gasteiger partial charge on any atom is 0.270 e. The number of aromatic amines is 1. The van der Waals surface area contributed by atoms with E-state index >= 15 is 0 Å². The van der Waals surface area contributed by atoms with Gasteiger partial charge in [0.15, 0.2) is 0 Å². The van der Waals surface area contributed by atoms with Gasteiger partial charge < -0.3 is 15.0 Å². The van der Waals surface area contributed by atoms with Crippen LogP contribution in [-0.2, 0) is 6.42 Å².